The Morgan fingerprint density at radius 3 is 2.73 bits per heavy atom. The highest BCUT2D eigenvalue weighted by Gasteiger charge is 2.10. The lowest BCUT2D eigenvalue weighted by Gasteiger charge is -2.18. The first-order chi connectivity index (χ1) is 6.99. The Balaban J connectivity index is 2.16. The third-order valence-corrected chi connectivity index (χ3v) is 4.39. The number of thioether (sulfide) groups is 1. The normalized spacial score (nSPS) is 14.1. The molecule has 0 radical (unpaired) electrons. The lowest BCUT2D eigenvalue weighted by Crippen LogP contribution is -2.22. The van der Waals surface area contributed by atoms with E-state index in [1.54, 1.807) is 0 Å². The first-order valence-corrected chi connectivity index (χ1v) is 7.26. The van der Waals surface area contributed by atoms with Crippen LogP contribution in [0.3, 0.4) is 0 Å². The lowest BCUT2D eigenvalue weighted by atomic mass is 10.3. The number of hydrogen-bond acceptors (Lipinski definition) is 3. The van der Waals surface area contributed by atoms with Crippen molar-refractivity contribution in [3.05, 3.63) is 22.4 Å². The van der Waals surface area contributed by atoms with Crippen LogP contribution >= 0.6 is 23.1 Å². The van der Waals surface area contributed by atoms with Crippen LogP contribution in [0.1, 0.15) is 38.6 Å². The van der Waals surface area contributed by atoms with Gasteiger partial charge in [-0.15, -0.1) is 11.3 Å². The molecule has 1 N–H and O–H groups in total. The Hall–Kier alpha value is 0.01000. The van der Waals surface area contributed by atoms with Gasteiger partial charge in [-0.1, -0.05) is 26.8 Å². The van der Waals surface area contributed by atoms with Gasteiger partial charge in [0.2, 0.25) is 0 Å². The van der Waals surface area contributed by atoms with Crippen molar-refractivity contribution in [1.82, 2.24) is 5.32 Å². The topological polar surface area (TPSA) is 12.0 Å². The second-order valence-electron chi connectivity index (χ2n) is 4.65. The molecule has 0 spiro atoms. The van der Waals surface area contributed by atoms with Crippen LogP contribution in [0.25, 0.3) is 0 Å². The summed E-state index contributed by atoms with van der Waals surface area (Å²) in [4.78, 5) is 1.43. The van der Waals surface area contributed by atoms with Crippen LogP contribution in [-0.4, -0.2) is 17.0 Å². The zero-order valence-electron chi connectivity index (χ0n) is 10.0. The Labute approximate surface area is 102 Å². The predicted octanol–water partition coefficient (Wildman–Crippen LogP) is 3.93. The summed E-state index contributed by atoms with van der Waals surface area (Å²) in [6, 6.07) is 4.80. The van der Waals surface area contributed by atoms with Gasteiger partial charge in [-0.25, -0.2) is 0 Å². The predicted molar refractivity (Wildman–Crippen MR) is 72.9 cm³/mol. The fraction of sp³-hybridized carbons (Fsp3) is 0.667. The van der Waals surface area contributed by atoms with Gasteiger partial charge in [0, 0.05) is 28.0 Å². The van der Waals surface area contributed by atoms with Crippen molar-refractivity contribution in [2.45, 2.75) is 38.5 Å². The van der Waals surface area contributed by atoms with Gasteiger partial charge < -0.3 is 5.32 Å². The van der Waals surface area contributed by atoms with Crippen molar-refractivity contribution in [3.8, 4) is 0 Å². The molecule has 15 heavy (non-hydrogen) atoms. The smallest absolute Gasteiger partial charge is 0.0386 e. The zero-order valence-corrected chi connectivity index (χ0v) is 11.7. The van der Waals surface area contributed by atoms with E-state index in [-0.39, 0.29) is 0 Å². The van der Waals surface area contributed by atoms with E-state index in [2.05, 4.69) is 50.5 Å². The number of nitrogens with one attached hydrogen (secondary N) is 1. The van der Waals surface area contributed by atoms with Crippen LogP contribution < -0.4 is 5.32 Å². The van der Waals surface area contributed by atoms with Gasteiger partial charge in [-0.3, -0.25) is 0 Å². The summed E-state index contributed by atoms with van der Waals surface area (Å²) in [6.07, 6.45) is 0. The summed E-state index contributed by atoms with van der Waals surface area (Å²) in [5.41, 5.74) is 0. The lowest BCUT2D eigenvalue weighted by molar-refractivity contribution is 0.609. The molecule has 0 saturated heterocycles. The van der Waals surface area contributed by atoms with Crippen molar-refractivity contribution in [2.75, 3.05) is 12.3 Å². The Kier molecular flexibility index (Phi) is 5.16. The second kappa shape index (κ2) is 5.92. The molecule has 0 aromatic carbocycles. The molecular formula is C12H21NS2. The van der Waals surface area contributed by atoms with Crippen molar-refractivity contribution in [3.63, 3.8) is 0 Å². The molecule has 0 aliphatic carbocycles. The van der Waals surface area contributed by atoms with Gasteiger partial charge in [0.1, 0.15) is 0 Å². The minimum absolute atomic E-state index is 0.383. The molecule has 0 bridgehead atoms. The maximum Gasteiger partial charge on any atom is 0.0386 e. The number of thiophene rings is 1. The highest BCUT2D eigenvalue weighted by molar-refractivity contribution is 8.00. The van der Waals surface area contributed by atoms with E-state index in [0.29, 0.717) is 10.8 Å². The van der Waals surface area contributed by atoms with E-state index in [9.17, 15) is 0 Å². The van der Waals surface area contributed by atoms with Crippen molar-refractivity contribution in [2.24, 2.45) is 0 Å². The van der Waals surface area contributed by atoms with E-state index in [0.717, 1.165) is 6.54 Å². The fourth-order valence-electron chi connectivity index (χ4n) is 1.27. The van der Waals surface area contributed by atoms with Crippen LogP contribution in [0.5, 0.6) is 0 Å². The number of rotatable bonds is 5. The summed E-state index contributed by atoms with van der Waals surface area (Å²) in [6.45, 7) is 10.1. The third-order valence-electron chi connectivity index (χ3n) is 2.06. The summed E-state index contributed by atoms with van der Waals surface area (Å²) < 4.78 is 0.383. The molecule has 1 atom stereocenters. The Morgan fingerprint density at radius 1 is 1.47 bits per heavy atom. The summed E-state index contributed by atoms with van der Waals surface area (Å²) in [5.74, 6) is 1.18. The minimum atomic E-state index is 0.383. The maximum absolute atomic E-state index is 3.55. The van der Waals surface area contributed by atoms with E-state index in [1.165, 1.54) is 10.6 Å². The maximum atomic E-state index is 3.55. The summed E-state index contributed by atoms with van der Waals surface area (Å²) in [7, 11) is 0. The van der Waals surface area contributed by atoms with Crippen LogP contribution in [-0.2, 0) is 0 Å². The van der Waals surface area contributed by atoms with Crippen LogP contribution in [0, 0.1) is 0 Å². The zero-order chi connectivity index (χ0) is 11.3. The molecule has 86 valence electrons. The second-order valence-corrected chi connectivity index (χ2v) is 7.55. The van der Waals surface area contributed by atoms with E-state index in [4.69, 9.17) is 0 Å². The van der Waals surface area contributed by atoms with Gasteiger partial charge in [0.25, 0.3) is 0 Å². The molecule has 0 aliphatic heterocycles. The SMILES string of the molecule is CC(NCCSC(C)(C)C)c1cccs1. The monoisotopic (exact) mass is 243 g/mol. The first-order valence-electron chi connectivity index (χ1n) is 5.40. The largest absolute Gasteiger partial charge is 0.309 e. The van der Waals surface area contributed by atoms with E-state index in [1.807, 2.05) is 23.1 Å². The molecule has 0 aliphatic rings. The molecule has 0 amide bonds. The van der Waals surface area contributed by atoms with Crippen LogP contribution in [0.4, 0.5) is 0 Å². The first kappa shape index (κ1) is 13.1. The van der Waals surface area contributed by atoms with Crippen molar-refractivity contribution in [1.29, 1.82) is 0 Å². The Morgan fingerprint density at radius 2 is 2.20 bits per heavy atom. The quantitative estimate of drug-likeness (QED) is 0.786. The molecule has 1 heterocycles. The molecule has 1 rings (SSSR count). The van der Waals surface area contributed by atoms with E-state index < -0.39 is 0 Å². The summed E-state index contributed by atoms with van der Waals surface area (Å²) >= 11 is 3.84. The third kappa shape index (κ3) is 5.59. The van der Waals surface area contributed by atoms with Gasteiger partial charge >= 0.3 is 0 Å². The molecule has 0 saturated carbocycles. The van der Waals surface area contributed by atoms with Gasteiger partial charge in [-0.05, 0) is 18.4 Å². The highest BCUT2D eigenvalue weighted by atomic mass is 32.2. The van der Waals surface area contributed by atoms with Crippen molar-refractivity contribution < 1.29 is 0 Å². The minimum Gasteiger partial charge on any atom is -0.309 e. The van der Waals surface area contributed by atoms with Crippen LogP contribution in [0.15, 0.2) is 17.5 Å². The highest BCUT2D eigenvalue weighted by Crippen LogP contribution is 2.23. The van der Waals surface area contributed by atoms with Gasteiger partial charge in [-0.2, -0.15) is 11.8 Å². The Bertz CT molecular complexity index is 262. The molecule has 1 aromatic rings. The van der Waals surface area contributed by atoms with Crippen molar-refractivity contribution >= 4 is 23.1 Å². The fourth-order valence-corrected chi connectivity index (χ4v) is 2.86. The standard InChI is InChI=1S/C12H21NS2/c1-10(11-6-5-8-14-11)13-7-9-15-12(2,3)4/h5-6,8,10,13H,7,9H2,1-4H3. The van der Waals surface area contributed by atoms with E-state index >= 15 is 0 Å². The van der Waals surface area contributed by atoms with Crippen LogP contribution in [0.2, 0.25) is 0 Å². The molecule has 3 heteroatoms. The molecule has 0 fully saturated rings. The average Bonchev–Trinajstić information content (AvgIpc) is 2.63. The number of hydrogen-bond donors (Lipinski definition) is 1. The molecular weight excluding hydrogens is 222 g/mol. The molecule has 1 unspecified atom stereocenters. The van der Waals surface area contributed by atoms with Gasteiger partial charge in [0.15, 0.2) is 0 Å². The summed E-state index contributed by atoms with van der Waals surface area (Å²) in [5, 5.41) is 5.68. The average molecular weight is 243 g/mol. The molecule has 1 aromatic heterocycles. The van der Waals surface area contributed by atoms with Gasteiger partial charge in [0.05, 0.1) is 0 Å². The molecule has 1 nitrogen and oxygen atoms in total.